The van der Waals surface area contributed by atoms with Crippen LogP contribution in [0, 0.1) is 13.8 Å². The molecule has 2 aromatic rings. The largest absolute Gasteiger partial charge is 0.0617 e. The molecule has 94 valence electrons. The molecule has 2 rings (SSSR count). The number of hydrogen-bond acceptors (Lipinski definition) is 0. The maximum atomic E-state index is 2.34. The molecule has 18 heavy (non-hydrogen) atoms. The molecule has 0 amide bonds. The van der Waals surface area contributed by atoms with Crippen LogP contribution in [0.15, 0.2) is 42.5 Å². The van der Waals surface area contributed by atoms with Gasteiger partial charge in [0, 0.05) is 0 Å². The second-order valence-electron chi connectivity index (χ2n) is 5.45. The molecule has 0 fully saturated rings. The van der Waals surface area contributed by atoms with E-state index in [-0.39, 0.29) is 0 Å². The van der Waals surface area contributed by atoms with Crippen molar-refractivity contribution < 1.29 is 0 Å². The number of hydrogen-bond donors (Lipinski definition) is 0. The minimum Gasteiger partial charge on any atom is -0.0617 e. The Bertz CT molecular complexity index is 515. The third-order valence-corrected chi connectivity index (χ3v) is 3.64. The fraction of sp³-hybridized carbons (Fsp3) is 0.333. The predicted molar refractivity (Wildman–Crippen MR) is 79.3 cm³/mol. The van der Waals surface area contributed by atoms with E-state index >= 15 is 0 Å². The molecule has 0 aliphatic carbocycles. The summed E-state index contributed by atoms with van der Waals surface area (Å²) in [5.41, 5.74) is 7.10. The van der Waals surface area contributed by atoms with Crippen LogP contribution < -0.4 is 0 Å². The van der Waals surface area contributed by atoms with Gasteiger partial charge in [-0.15, -0.1) is 0 Å². The third kappa shape index (κ3) is 2.81. The summed E-state index contributed by atoms with van der Waals surface area (Å²) < 4.78 is 0. The van der Waals surface area contributed by atoms with Crippen molar-refractivity contribution in [3.63, 3.8) is 0 Å². The zero-order valence-corrected chi connectivity index (χ0v) is 11.8. The molecule has 0 aliphatic rings. The molecule has 0 N–H and O–H groups in total. The van der Waals surface area contributed by atoms with Crippen LogP contribution in [0.5, 0.6) is 0 Å². The lowest BCUT2D eigenvalue weighted by molar-refractivity contribution is 0.863. The quantitative estimate of drug-likeness (QED) is 0.704. The van der Waals surface area contributed by atoms with Crippen LogP contribution in [0.25, 0.3) is 0 Å². The summed E-state index contributed by atoms with van der Waals surface area (Å²) in [4.78, 5) is 0. The van der Waals surface area contributed by atoms with Gasteiger partial charge in [-0.1, -0.05) is 56.3 Å². The second kappa shape index (κ2) is 5.39. The van der Waals surface area contributed by atoms with E-state index in [2.05, 4.69) is 70.2 Å². The van der Waals surface area contributed by atoms with E-state index in [0.717, 1.165) is 6.42 Å². The number of benzene rings is 2. The third-order valence-electron chi connectivity index (χ3n) is 3.64. The first-order valence-corrected chi connectivity index (χ1v) is 6.72. The molecule has 0 saturated heterocycles. The smallest absolute Gasteiger partial charge is 0.00204 e. The van der Waals surface area contributed by atoms with Gasteiger partial charge in [-0.3, -0.25) is 0 Å². The fourth-order valence-electron chi connectivity index (χ4n) is 2.39. The Kier molecular flexibility index (Phi) is 3.86. The van der Waals surface area contributed by atoms with Gasteiger partial charge in [-0.25, -0.2) is 0 Å². The lowest BCUT2D eigenvalue weighted by Crippen LogP contribution is -1.97. The van der Waals surface area contributed by atoms with Gasteiger partial charge in [0.15, 0.2) is 0 Å². The maximum absolute atomic E-state index is 2.34. The summed E-state index contributed by atoms with van der Waals surface area (Å²) in [6.07, 6.45) is 1.04. The van der Waals surface area contributed by atoms with Crippen molar-refractivity contribution in [2.45, 2.75) is 40.0 Å². The minimum absolute atomic E-state index is 0.600. The molecule has 0 unspecified atom stereocenters. The Morgan fingerprint density at radius 2 is 1.50 bits per heavy atom. The topological polar surface area (TPSA) is 0 Å². The molecule has 0 heteroatoms. The van der Waals surface area contributed by atoms with Gasteiger partial charge in [-0.2, -0.15) is 0 Å². The van der Waals surface area contributed by atoms with Crippen LogP contribution in [0.4, 0.5) is 0 Å². The Morgan fingerprint density at radius 1 is 0.889 bits per heavy atom. The van der Waals surface area contributed by atoms with Gasteiger partial charge in [0.25, 0.3) is 0 Å². The van der Waals surface area contributed by atoms with Gasteiger partial charge in [-0.05, 0) is 54.0 Å². The van der Waals surface area contributed by atoms with E-state index in [1.807, 2.05) is 0 Å². The average molecular weight is 238 g/mol. The SMILES string of the molecule is Cc1cccc(C)c1Cc1cccc(C(C)C)c1. The Hall–Kier alpha value is -1.56. The summed E-state index contributed by atoms with van der Waals surface area (Å²) in [5, 5.41) is 0. The lowest BCUT2D eigenvalue weighted by atomic mass is 9.93. The molecule has 2 aromatic carbocycles. The molecule has 0 heterocycles. The lowest BCUT2D eigenvalue weighted by Gasteiger charge is -2.12. The van der Waals surface area contributed by atoms with E-state index < -0.39 is 0 Å². The Labute approximate surface area is 111 Å². The van der Waals surface area contributed by atoms with Crippen LogP contribution in [-0.4, -0.2) is 0 Å². The molecular formula is C18H22. The van der Waals surface area contributed by atoms with Crippen molar-refractivity contribution in [1.29, 1.82) is 0 Å². The van der Waals surface area contributed by atoms with Crippen molar-refractivity contribution >= 4 is 0 Å². The van der Waals surface area contributed by atoms with E-state index in [0.29, 0.717) is 5.92 Å². The summed E-state index contributed by atoms with van der Waals surface area (Å²) in [6, 6.07) is 15.5. The highest BCUT2D eigenvalue weighted by Crippen LogP contribution is 2.21. The average Bonchev–Trinajstić information content (AvgIpc) is 2.34. The van der Waals surface area contributed by atoms with Crippen molar-refractivity contribution in [2.75, 3.05) is 0 Å². The molecule has 0 bridgehead atoms. The van der Waals surface area contributed by atoms with Gasteiger partial charge < -0.3 is 0 Å². The molecule has 0 nitrogen and oxygen atoms in total. The van der Waals surface area contributed by atoms with Gasteiger partial charge in [0.2, 0.25) is 0 Å². The first-order chi connectivity index (χ1) is 8.58. The van der Waals surface area contributed by atoms with Gasteiger partial charge in [0.05, 0.1) is 0 Å². The molecule has 0 saturated carbocycles. The Balaban J connectivity index is 2.31. The predicted octanol–water partition coefficient (Wildman–Crippen LogP) is 5.02. The van der Waals surface area contributed by atoms with Crippen LogP contribution >= 0.6 is 0 Å². The Morgan fingerprint density at radius 3 is 2.11 bits per heavy atom. The van der Waals surface area contributed by atoms with E-state index in [4.69, 9.17) is 0 Å². The highest BCUT2D eigenvalue weighted by Gasteiger charge is 2.05. The summed E-state index contributed by atoms with van der Waals surface area (Å²) in [6.45, 7) is 8.90. The zero-order valence-electron chi connectivity index (χ0n) is 11.8. The number of aryl methyl sites for hydroxylation is 2. The van der Waals surface area contributed by atoms with Crippen LogP contribution in [0.2, 0.25) is 0 Å². The maximum Gasteiger partial charge on any atom is -0.00204 e. The fourth-order valence-corrected chi connectivity index (χ4v) is 2.39. The standard InChI is InChI=1S/C18H22/c1-13(2)17-10-6-9-16(11-17)12-18-14(3)7-5-8-15(18)4/h5-11,13H,12H2,1-4H3. The minimum atomic E-state index is 0.600. The van der Waals surface area contributed by atoms with Crippen molar-refractivity contribution in [3.8, 4) is 0 Å². The van der Waals surface area contributed by atoms with E-state index in [1.165, 1.54) is 27.8 Å². The highest BCUT2D eigenvalue weighted by molar-refractivity contribution is 5.38. The summed E-state index contributed by atoms with van der Waals surface area (Å²) in [5.74, 6) is 0.600. The highest BCUT2D eigenvalue weighted by atomic mass is 14.1. The molecule has 0 radical (unpaired) electrons. The summed E-state index contributed by atoms with van der Waals surface area (Å²) >= 11 is 0. The van der Waals surface area contributed by atoms with Crippen molar-refractivity contribution in [2.24, 2.45) is 0 Å². The van der Waals surface area contributed by atoms with Gasteiger partial charge in [0.1, 0.15) is 0 Å². The molecule has 0 atom stereocenters. The summed E-state index contributed by atoms with van der Waals surface area (Å²) in [7, 11) is 0. The van der Waals surface area contributed by atoms with Crippen LogP contribution in [-0.2, 0) is 6.42 Å². The number of rotatable bonds is 3. The van der Waals surface area contributed by atoms with Crippen molar-refractivity contribution in [1.82, 2.24) is 0 Å². The molecule has 0 spiro atoms. The molecular weight excluding hydrogens is 216 g/mol. The first-order valence-electron chi connectivity index (χ1n) is 6.72. The zero-order chi connectivity index (χ0) is 13.1. The van der Waals surface area contributed by atoms with Crippen molar-refractivity contribution in [3.05, 3.63) is 70.3 Å². The van der Waals surface area contributed by atoms with Crippen LogP contribution in [0.3, 0.4) is 0 Å². The molecule has 0 aromatic heterocycles. The normalized spacial score (nSPS) is 10.9. The van der Waals surface area contributed by atoms with E-state index in [1.54, 1.807) is 0 Å². The second-order valence-corrected chi connectivity index (χ2v) is 5.45. The van der Waals surface area contributed by atoms with Gasteiger partial charge >= 0.3 is 0 Å². The first kappa shape index (κ1) is 12.9. The monoisotopic (exact) mass is 238 g/mol. The molecule has 0 aliphatic heterocycles. The van der Waals surface area contributed by atoms with E-state index in [9.17, 15) is 0 Å². The van der Waals surface area contributed by atoms with Crippen LogP contribution in [0.1, 0.15) is 47.6 Å².